The quantitative estimate of drug-likeness (QED) is 0.811. The number of carbonyl (C=O) groups is 1. The molecule has 1 saturated carbocycles. The largest absolute Gasteiger partial charge is 0.349 e. The molecule has 2 atom stereocenters. The van der Waals surface area contributed by atoms with Gasteiger partial charge in [-0.15, -0.1) is 11.6 Å². The molecule has 1 amide bonds. The summed E-state index contributed by atoms with van der Waals surface area (Å²) in [5.74, 6) is 0.849. The van der Waals surface area contributed by atoms with Crippen LogP contribution in [-0.2, 0) is 0 Å². The van der Waals surface area contributed by atoms with Gasteiger partial charge in [-0.05, 0) is 37.0 Å². The maximum Gasteiger partial charge on any atom is 0.253 e. The van der Waals surface area contributed by atoms with Crippen LogP contribution in [0.1, 0.15) is 29.6 Å². The highest BCUT2D eigenvalue weighted by atomic mass is 79.9. The molecule has 0 heterocycles. The van der Waals surface area contributed by atoms with Crippen molar-refractivity contribution in [3.05, 3.63) is 33.3 Å². The lowest BCUT2D eigenvalue weighted by Gasteiger charge is -2.19. The first-order valence-electron chi connectivity index (χ1n) is 5.93. The van der Waals surface area contributed by atoms with Gasteiger partial charge in [0, 0.05) is 16.4 Å². The molecule has 5 heteroatoms. The molecule has 2 unspecified atom stereocenters. The van der Waals surface area contributed by atoms with Crippen molar-refractivity contribution in [2.45, 2.75) is 25.3 Å². The molecule has 18 heavy (non-hydrogen) atoms. The van der Waals surface area contributed by atoms with Crippen molar-refractivity contribution in [2.24, 2.45) is 5.92 Å². The third-order valence-corrected chi connectivity index (χ3v) is 4.57. The van der Waals surface area contributed by atoms with Crippen LogP contribution < -0.4 is 5.32 Å². The van der Waals surface area contributed by atoms with Crippen molar-refractivity contribution in [3.63, 3.8) is 0 Å². The number of benzene rings is 1. The Morgan fingerprint density at radius 3 is 2.94 bits per heavy atom. The van der Waals surface area contributed by atoms with Crippen molar-refractivity contribution < 1.29 is 4.79 Å². The van der Waals surface area contributed by atoms with E-state index >= 15 is 0 Å². The van der Waals surface area contributed by atoms with Crippen LogP contribution in [0.25, 0.3) is 0 Å². The van der Waals surface area contributed by atoms with E-state index in [1.165, 1.54) is 0 Å². The Kier molecular flexibility index (Phi) is 4.93. The van der Waals surface area contributed by atoms with Gasteiger partial charge in [0.25, 0.3) is 5.91 Å². The fourth-order valence-corrected chi connectivity index (χ4v) is 3.26. The van der Waals surface area contributed by atoms with Gasteiger partial charge in [0.15, 0.2) is 0 Å². The molecule has 2 rings (SSSR count). The van der Waals surface area contributed by atoms with E-state index in [-0.39, 0.29) is 11.9 Å². The maximum absolute atomic E-state index is 12.2. The van der Waals surface area contributed by atoms with E-state index in [4.69, 9.17) is 23.2 Å². The van der Waals surface area contributed by atoms with Gasteiger partial charge in [0.2, 0.25) is 0 Å². The monoisotopic (exact) mass is 349 g/mol. The van der Waals surface area contributed by atoms with E-state index in [2.05, 4.69) is 21.2 Å². The van der Waals surface area contributed by atoms with Gasteiger partial charge in [0.1, 0.15) is 0 Å². The molecule has 1 aliphatic rings. The van der Waals surface area contributed by atoms with E-state index < -0.39 is 0 Å². The number of nitrogens with one attached hydrogen (secondary N) is 1. The molecule has 1 aromatic carbocycles. The first-order chi connectivity index (χ1) is 8.61. The van der Waals surface area contributed by atoms with E-state index in [9.17, 15) is 4.79 Å². The normalized spacial score (nSPS) is 23.1. The summed E-state index contributed by atoms with van der Waals surface area (Å²) < 4.78 is 0.845. The van der Waals surface area contributed by atoms with Crippen molar-refractivity contribution >= 4 is 45.0 Å². The Hall–Kier alpha value is -0.250. The summed E-state index contributed by atoms with van der Waals surface area (Å²) in [6.07, 6.45) is 3.20. The third-order valence-electron chi connectivity index (χ3n) is 3.35. The molecular weight excluding hydrogens is 337 g/mol. The van der Waals surface area contributed by atoms with Gasteiger partial charge in [-0.25, -0.2) is 0 Å². The van der Waals surface area contributed by atoms with Gasteiger partial charge in [0.05, 0.1) is 10.6 Å². The second-order valence-electron chi connectivity index (χ2n) is 4.55. The molecular formula is C13H14BrCl2NO. The standard InChI is InChI=1S/C13H14BrCl2NO/c14-9-4-5-11(16)10(6-9)13(18)17-12-3-1-2-8(12)7-15/h4-6,8,12H,1-3,7H2,(H,17,18). The first kappa shape index (κ1) is 14.2. The van der Waals surface area contributed by atoms with Crippen LogP contribution in [-0.4, -0.2) is 17.8 Å². The first-order valence-corrected chi connectivity index (χ1v) is 7.64. The minimum absolute atomic E-state index is 0.122. The number of amides is 1. The zero-order valence-corrected chi connectivity index (χ0v) is 12.9. The number of halogens is 3. The summed E-state index contributed by atoms with van der Waals surface area (Å²) >= 11 is 15.3. The SMILES string of the molecule is O=C(NC1CCCC1CCl)c1cc(Br)ccc1Cl. The molecule has 1 fully saturated rings. The van der Waals surface area contributed by atoms with E-state index in [1.54, 1.807) is 12.1 Å². The van der Waals surface area contributed by atoms with Crippen LogP contribution >= 0.6 is 39.1 Å². The molecule has 1 aromatic rings. The highest BCUT2D eigenvalue weighted by Crippen LogP contribution is 2.28. The van der Waals surface area contributed by atoms with Gasteiger partial charge in [-0.3, -0.25) is 4.79 Å². The Morgan fingerprint density at radius 1 is 1.44 bits per heavy atom. The lowest BCUT2D eigenvalue weighted by atomic mass is 10.1. The average molecular weight is 351 g/mol. The van der Waals surface area contributed by atoms with E-state index in [0.29, 0.717) is 22.4 Å². The lowest BCUT2D eigenvalue weighted by molar-refractivity contribution is 0.0930. The molecule has 0 saturated heterocycles. The molecule has 0 aromatic heterocycles. The van der Waals surface area contributed by atoms with Gasteiger partial charge in [-0.1, -0.05) is 34.0 Å². The van der Waals surface area contributed by atoms with Crippen molar-refractivity contribution in [1.29, 1.82) is 0 Å². The van der Waals surface area contributed by atoms with Crippen LogP contribution in [0.2, 0.25) is 5.02 Å². The Balaban J connectivity index is 2.09. The zero-order chi connectivity index (χ0) is 13.1. The van der Waals surface area contributed by atoms with E-state index in [1.807, 2.05) is 6.07 Å². The molecule has 2 nitrogen and oxygen atoms in total. The van der Waals surface area contributed by atoms with Crippen molar-refractivity contribution in [2.75, 3.05) is 5.88 Å². The number of rotatable bonds is 3. The molecule has 0 aliphatic heterocycles. The third kappa shape index (κ3) is 3.19. The molecule has 98 valence electrons. The van der Waals surface area contributed by atoms with Crippen molar-refractivity contribution in [3.8, 4) is 0 Å². The molecule has 0 radical (unpaired) electrons. The van der Waals surface area contributed by atoms with Gasteiger partial charge in [-0.2, -0.15) is 0 Å². The Labute approximate surface area is 125 Å². The Morgan fingerprint density at radius 2 is 2.22 bits per heavy atom. The summed E-state index contributed by atoms with van der Waals surface area (Å²) in [6.45, 7) is 0. The van der Waals surface area contributed by atoms with Crippen LogP contribution in [0.5, 0.6) is 0 Å². The number of hydrogen-bond donors (Lipinski definition) is 1. The topological polar surface area (TPSA) is 29.1 Å². The number of alkyl halides is 1. The highest BCUT2D eigenvalue weighted by Gasteiger charge is 2.28. The minimum atomic E-state index is -0.122. The lowest BCUT2D eigenvalue weighted by Crippen LogP contribution is -2.38. The zero-order valence-electron chi connectivity index (χ0n) is 9.76. The highest BCUT2D eigenvalue weighted by molar-refractivity contribution is 9.10. The van der Waals surface area contributed by atoms with Crippen LogP contribution in [0.3, 0.4) is 0 Å². The molecule has 0 spiro atoms. The smallest absolute Gasteiger partial charge is 0.253 e. The summed E-state index contributed by atoms with van der Waals surface area (Å²) in [7, 11) is 0. The summed E-state index contributed by atoms with van der Waals surface area (Å²) in [5.41, 5.74) is 0.506. The average Bonchev–Trinajstić information content (AvgIpc) is 2.79. The van der Waals surface area contributed by atoms with Gasteiger partial charge >= 0.3 is 0 Å². The van der Waals surface area contributed by atoms with Gasteiger partial charge < -0.3 is 5.32 Å². The van der Waals surface area contributed by atoms with Crippen LogP contribution in [0.15, 0.2) is 22.7 Å². The fourth-order valence-electron chi connectivity index (χ4n) is 2.33. The number of hydrogen-bond acceptors (Lipinski definition) is 1. The Bertz CT molecular complexity index is 453. The van der Waals surface area contributed by atoms with Crippen LogP contribution in [0, 0.1) is 5.92 Å². The van der Waals surface area contributed by atoms with E-state index in [0.717, 1.165) is 23.7 Å². The fraction of sp³-hybridized carbons (Fsp3) is 0.462. The maximum atomic E-state index is 12.2. The molecule has 1 N–H and O–H groups in total. The summed E-state index contributed by atoms with van der Waals surface area (Å²) in [4.78, 5) is 12.2. The second-order valence-corrected chi connectivity index (χ2v) is 6.18. The second kappa shape index (κ2) is 6.27. The number of carbonyl (C=O) groups excluding carboxylic acids is 1. The summed E-state index contributed by atoms with van der Waals surface area (Å²) in [5, 5.41) is 3.50. The summed E-state index contributed by atoms with van der Waals surface area (Å²) in [6, 6.07) is 5.44. The minimum Gasteiger partial charge on any atom is -0.349 e. The predicted molar refractivity (Wildman–Crippen MR) is 78.5 cm³/mol. The predicted octanol–water partition coefficient (Wildman–Crippen LogP) is 4.24. The van der Waals surface area contributed by atoms with Crippen molar-refractivity contribution in [1.82, 2.24) is 5.32 Å². The van der Waals surface area contributed by atoms with Crippen LogP contribution in [0.4, 0.5) is 0 Å². The molecule has 1 aliphatic carbocycles. The molecule has 0 bridgehead atoms.